The fourth-order valence-electron chi connectivity index (χ4n) is 0.411. The molecule has 1 atom stereocenters. The molecule has 0 saturated heterocycles. The molecule has 0 heterocycles. The number of carbonyl (C=O) groups is 1. The molecule has 0 aliphatic rings. The van der Waals surface area contributed by atoms with Crippen LogP contribution in [0.5, 0.6) is 0 Å². The van der Waals surface area contributed by atoms with Crippen LogP contribution < -0.4 is 0 Å². The van der Waals surface area contributed by atoms with Crippen molar-refractivity contribution in [2.24, 2.45) is 0 Å². The van der Waals surface area contributed by atoms with Crippen molar-refractivity contribution in [3.63, 3.8) is 0 Å². The van der Waals surface area contributed by atoms with Gasteiger partial charge >= 0.3 is 12.1 Å². The van der Waals surface area contributed by atoms with Crippen molar-refractivity contribution < 1.29 is 35.7 Å². The Morgan fingerprint density at radius 2 is 1.85 bits per heavy atom. The highest BCUT2D eigenvalue weighted by Crippen LogP contribution is 2.24. The first-order valence-corrected chi connectivity index (χ1v) is 4.53. The molecule has 13 heavy (non-hydrogen) atoms. The molecule has 1 unspecified atom stereocenters. The predicted octanol–water partition coefficient (Wildman–Crippen LogP) is -0.0219. The van der Waals surface area contributed by atoms with Crippen LogP contribution in [0.1, 0.15) is 0 Å². The fraction of sp³-hybridized carbons (Fsp3) is 0.750. The largest absolute Gasteiger partial charge is 0.479 e. The van der Waals surface area contributed by atoms with Crippen LogP contribution in [0.4, 0.5) is 13.2 Å². The average Bonchev–Trinajstić information content (AvgIpc) is 1.77. The number of alkyl halides is 3. The van der Waals surface area contributed by atoms with Gasteiger partial charge in [0.2, 0.25) is 0 Å². The number of rotatable bonds is 3. The van der Waals surface area contributed by atoms with E-state index in [4.69, 9.17) is 5.11 Å². The maximum absolute atomic E-state index is 11.7. The first-order valence-electron chi connectivity index (χ1n) is 2.72. The molecule has 0 aromatic heterocycles. The number of hydrogen-bond acceptors (Lipinski definition) is 4. The van der Waals surface area contributed by atoms with Crippen molar-refractivity contribution >= 4 is 16.1 Å². The van der Waals surface area contributed by atoms with E-state index in [9.17, 15) is 26.4 Å². The van der Waals surface area contributed by atoms with Crippen LogP contribution in [-0.4, -0.2) is 38.0 Å². The lowest BCUT2D eigenvalue weighted by atomic mass is 10.4. The van der Waals surface area contributed by atoms with Gasteiger partial charge in [-0.05, 0) is 0 Å². The van der Waals surface area contributed by atoms with Gasteiger partial charge in [-0.1, -0.05) is 0 Å². The summed E-state index contributed by atoms with van der Waals surface area (Å²) in [6.07, 6.45) is -8.27. The van der Waals surface area contributed by atoms with E-state index in [2.05, 4.69) is 4.18 Å². The number of hydrogen-bond donors (Lipinski definition) is 1. The summed E-state index contributed by atoms with van der Waals surface area (Å²) in [5.41, 5.74) is 0. The van der Waals surface area contributed by atoms with Gasteiger partial charge in [-0.15, -0.1) is 0 Å². The zero-order valence-corrected chi connectivity index (χ0v) is 7.02. The minimum Gasteiger partial charge on any atom is -0.479 e. The van der Waals surface area contributed by atoms with E-state index in [-0.39, 0.29) is 0 Å². The fourth-order valence-corrected chi connectivity index (χ4v) is 0.952. The molecule has 0 fully saturated rings. The number of carboxylic acid groups (broad SMARTS) is 1. The van der Waals surface area contributed by atoms with Crippen LogP contribution in [-0.2, 0) is 19.1 Å². The average molecular weight is 222 g/mol. The van der Waals surface area contributed by atoms with Gasteiger partial charge in [0, 0.05) is 0 Å². The third kappa shape index (κ3) is 4.68. The van der Waals surface area contributed by atoms with Crippen LogP contribution >= 0.6 is 0 Å². The Bertz CT molecular complexity index is 291. The molecule has 0 bridgehead atoms. The maximum Gasteiger partial charge on any atom is 0.427 e. The van der Waals surface area contributed by atoms with Crippen LogP contribution in [0, 0.1) is 0 Å². The molecule has 0 aliphatic carbocycles. The molecule has 0 spiro atoms. The monoisotopic (exact) mass is 222 g/mol. The SMILES string of the molecule is CS(=O)(=O)OC(C(=O)O)C(F)(F)F. The van der Waals surface area contributed by atoms with Gasteiger partial charge in [0.1, 0.15) is 0 Å². The second kappa shape index (κ2) is 3.50. The molecule has 78 valence electrons. The maximum atomic E-state index is 11.7. The Labute approximate surface area is 71.2 Å². The quantitative estimate of drug-likeness (QED) is 0.678. The molecular weight excluding hydrogens is 217 g/mol. The molecule has 0 aliphatic heterocycles. The smallest absolute Gasteiger partial charge is 0.427 e. The first-order chi connectivity index (χ1) is 5.54. The second-order valence-electron chi connectivity index (χ2n) is 2.06. The number of carboxylic acids is 1. The molecule has 0 aromatic rings. The molecule has 0 radical (unpaired) electrons. The van der Waals surface area contributed by atoms with Gasteiger partial charge in [0.15, 0.2) is 0 Å². The third-order valence-corrected chi connectivity index (χ3v) is 1.33. The lowest BCUT2D eigenvalue weighted by Crippen LogP contribution is -2.40. The topological polar surface area (TPSA) is 80.7 Å². The standard InChI is InChI=1S/C4H5F3O5S/c1-13(10,11)12-2(3(8)9)4(5,6)7/h2H,1H3,(H,8,9). The molecule has 0 saturated carbocycles. The Hall–Kier alpha value is -0.830. The second-order valence-corrected chi connectivity index (χ2v) is 3.66. The minimum absolute atomic E-state index is 0.328. The summed E-state index contributed by atoms with van der Waals surface area (Å²) < 4.78 is 58.9. The van der Waals surface area contributed by atoms with Crippen molar-refractivity contribution in [1.29, 1.82) is 0 Å². The van der Waals surface area contributed by atoms with Crippen molar-refractivity contribution in [1.82, 2.24) is 0 Å². The van der Waals surface area contributed by atoms with Crippen LogP contribution in [0.25, 0.3) is 0 Å². The van der Waals surface area contributed by atoms with Gasteiger partial charge in [0.05, 0.1) is 6.26 Å². The zero-order valence-electron chi connectivity index (χ0n) is 6.20. The molecule has 1 N–H and O–H groups in total. The summed E-state index contributed by atoms with van der Waals surface area (Å²) in [6, 6.07) is 0. The summed E-state index contributed by atoms with van der Waals surface area (Å²) >= 11 is 0. The van der Waals surface area contributed by atoms with E-state index in [0.29, 0.717) is 6.26 Å². The Morgan fingerprint density at radius 3 is 1.92 bits per heavy atom. The molecule has 5 nitrogen and oxygen atoms in total. The Kier molecular flexibility index (Phi) is 3.28. The summed E-state index contributed by atoms with van der Waals surface area (Å²) in [4.78, 5) is 9.91. The van der Waals surface area contributed by atoms with E-state index >= 15 is 0 Å². The highest BCUT2D eigenvalue weighted by Gasteiger charge is 2.48. The third-order valence-electron chi connectivity index (χ3n) is 0.793. The molecule has 9 heteroatoms. The van der Waals surface area contributed by atoms with Gasteiger partial charge in [-0.25, -0.2) is 8.98 Å². The lowest BCUT2D eigenvalue weighted by Gasteiger charge is -2.14. The van der Waals surface area contributed by atoms with Crippen molar-refractivity contribution in [3.8, 4) is 0 Å². The zero-order chi connectivity index (χ0) is 10.9. The molecule has 0 aromatic carbocycles. The van der Waals surface area contributed by atoms with Gasteiger partial charge in [-0.3, -0.25) is 0 Å². The normalized spacial score (nSPS) is 15.4. The van der Waals surface area contributed by atoms with E-state index in [0.717, 1.165) is 0 Å². The van der Waals surface area contributed by atoms with E-state index in [1.807, 2.05) is 0 Å². The van der Waals surface area contributed by atoms with Crippen LogP contribution in [0.3, 0.4) is 0 Å². The van der Waals surface area contributed by atoms with Crippen molar-refractivity contribution in [3.05, 3.63) is 0 Å². The Morgan fingerprint density at radius 1 is 1.46 bits per heavy atom. The summed E-state index contributed by atoms with van der Waals surface area (Å²) in [5, 5.41) is 7.96. The van der Waals surface area contributed by atoms with Gasteiger partial charge in [0.25, 0.3) is 16.2 Å². The van der Waals surface area contributed by atoms with Crippen molar-refractivity contribution in [2.45, 2.75) is 12.3 Å². The molecule has 0 rings (SSSR count). The molecular formula is C4H5F3O5S. The van der Waals surface area contributed by atoms with E-state index in [1.165, 1.54) is 0 Å². The first kappa shape index (κ1) is 12.2. The minimum atomic E-state index is -5.26. The summed E-state index contributed by atoms with van der Waals surface area (Å²) in [7, 11) is -4.45. The van der Waals surface area contributed by atoms with E-state index in [1.54, 1.807) is 0 Å². The summed E-state index contributed by atoms with van der Waals surface area (Å²) in [6.45, 7) is 0. The number of aliphatic carboxylic acids is 1. The Balaban J connectivity index is 4.77. The van der Waals surface area contributed by atoms with Gasteiger partial charge < -0.3 is 5.11 Å². The highest BCUT2D eigenvalue weighted by atomic mass is 32.2. The van der Waals surface area contributed by atoms with Crippen LogP contribution in [0.2, 0.25) is 0 Å². The van der Waals surface area contributed by atoms with Crippen molar-refractivity contribution in [2.75, 3.05) is 6.26 Å². The predicted molar refractivity (Wildman–Crippen MR) is 33.4 cm³/mol. The van der Waals surface area contributed by atoms with E-state index < -0.39 is 28.4 Å². The molecule has 0 amide bonds. The lowest BCUT2D eigenvalue weighted by molar-refractivity contribution is -0.207. The van der Waals surface area contributed by atoms with Crippen LogP contribution in [0.15, 0.2) is 0 Å². The highest BCUT2D eigenvalue weighted by molar-refractivity contribution is 7.86. The summed E-state index contributed by atoms with van der Waals surface area (Å²) in [5.74, 6) is -2.40. The van der Waals surface area contributed by atoms with Gasteiger partial charge in [-0.2, -0.15) is 21.6 Å². The number of halogens is 3.